The lowest BCUT2D eigenvalue weighted by Gasteiger charge is -2.03. The zero-order valence-corrected chi connectivity index (χ0v) is 10.9. The summed E-state index contributed by atoms with van der Waals surface area (Å²) in [6, 6.07) is 4.55. The third-order valence-electron chi connectivity index (χ3n) is 2.08. The predicted octanol–water partition coefficient (Wildman–Crippen LogP) is 2.83. The first-order valence-electron chi connectivity index (χ1n) is 4.63. The Morgan fingerprint density at radius 1 is 1.50 bits per heavy atom. The second kappa shape index (κ2) is 4.99. The molecular weight excluding hydrogens is 293 g/mol. The van der Waals surface area contributed by atoms with Gasteiger partial charge in [-0.3, -0.25) is 0 Å². The van der Waals surface area contributed by atoms with E-state index >= 15 is 0 Å². The van der Waals surface area contributed by atoms with Crippen LogP contribution in [0.3, 0.4) is 0 Å². The summed E-state index contributed by atoms with van der Waals surface area (Å²) in [5.41, 5.74) is 1.66. The van der Waals surface area contributed by atoms with Crippen LogP contribution in [0.15, 0.2) is 22.7 Å². The van der Waals surface area contributed by atoms with Crippen molar-refractivity contribution in [2.45, 2.75) is 6.54 Å². The molecule has 6 heteroatoms. The van der Waals surface area contributed by atoms with Gasteiger partial charge in [0.25, 0.3) is 0 Å². The highest BCUT2D eigenvalue weighted by atomic mass is 79.9. The lowest BCUT2D eigenvalue weighted by molar-refractivity contribution is 0.627. The molecule has 2 aromatic rings. The summed E-state index contributed by atoms with van der Waals surface area (Å²) < 4.78 is 17.6. The molecule has 2 rings (SSSR count). The number of aromatic nitrogens is 2. The Labute approximate surface area is 105 Å². The van der Waals surface area contributed by atoms with Gasteiger partial charge in [0, 0.05) is 16.6 Å². The minimum absolute atomic E-state index is 0.269. The van der Waals surface area contributed by atoms with E-state index in [2.05, 4.69) is 30.8 Å². The molecule has 0 radical (unpaired) electrons. The molecule has 0 bridgehead atoms. The van der Waals surface area contributed by atoms with E-state index in [1.165, 1.54) is 23.7 Å². The van der Waals surface area contributed by atoms with Gasteiger partial charge in [0.05, 0.1) is 4.88 Å². The van der Waals surface area contributed by atoms with Gasteiger partial charge in [0.2, 0.25) is 0 Å². The Balaban J connectivity index is 2.46. The van der Waals surface area contributed by atoms with E-state index < -0.39 is 0 Å². The number of rotatable bonds is 3. The first-order valence-corrected chi connectivity index (χ1v) is 6.20. The molecular formula is C10H9BrFN3S. The Hall–Kier alpha value is -0.850. The molecule has 0 saturated heterocycles. The van der Waals surface area contributed by atoms with Crippen molar-refractivity contribution in [3.05, 3.63) is 33.4 Å². The van der Waals surface area contributed by atoms with E-state index in [-0.39, 0.29) is 5.82 Å². The summed E-state index contributed by atoms with van der Waals surface area (Å²) in [6.45, 7) is 0.705. The number of nitrogens with zero attached hydrogens (tertiary/aromatic N) is 2. The van der Waals surface area contributed by atoms with Gasteiger partial charge in [-0.25, -0.2) is 4.39 Å². The molecule has 0 saturated carbocycles. The molecule has 84 valence electrons. The maximum absolute atomic E-state index is 13.0. The van der Waals surface area contributed by atoms with Gasteiger partial charge >= 0.3 is 0 Å². The smallest absolute Gasteiger partial charge is 0.124 e. The third kappa shape index (κ3) is 2.28. The van der Waals surface area contributed by atoms with Crippen molar-refractivity contribution in [1.29, 1.82) is 0 Å². The molecule has 0 spiro atoms. The van der Waals surface area contributed by atoms with E-state index in [1.54, 1.807) is 6.07 Å². The van der Waals surface area contributed by atoms with Crippen LogP contribution >= 0.6 is 27.5 Å². The van der Waals surface area contributed by atoms with Crippen molar-refractivity contribution in [3.8, 4) is 11.3 Å². The van der Waals surface area contributed by atoms with Crippen molar-refractivity contribution in [3.63, 3.8) is 0 Å². The van der Waals surface area contributed by atoms with Crippen molar-refractivity contribution in [2.24, 2.45) is 0 Å². The third-order valence-corrected chi connectivity index (χ3v) is 3.46. The summed E-state index contributed by atoms with van der Waals surface area (Å²) in [4.78, 5) is 1.04. The fourth-order valence-corrected chi connectivity index (χ4v) is 2.58. The molecule has 1 aromatic carbocycles. The predicted molar refractivity (Wildman–Crippen MR) is 65.8 cm³/mol. The summed E-state index contributed by atoms with van der Waals surface area (Å²) >= 11 is 4.67. The highest BCUT2D eigenvalue weighted by Crippen LogP contribution is 2.30. The number of nitrogens with one attached hydrogen (secondary N) is 1. The minimum atomic E-state index is -0.269. The Kier molecular flexibility index (Phi) is 3.63. The van der Waals surface area contributed by atoms with E-state index in [4.69, 9.17) is 0 Å². The van der Waals surface area contributed by atoms with Gasteiger partial charge in [-0.2, -0.15) is 0 Å². The molecule has 0 amide bonds. The first kappa shape index (κ1) is 11.6. The fourth-order valence-electron chi connectivity index (χ4n) is 1.37. The van der Waals surface area contributed by atoms with Crippen LogP contribution in [0.2, 0.25) is 0 Å². The molecule has 0 aliphatic carbocycles. The zero-order valence-electron chi connectivity index (χ0n) is 8.50. The molecule has 16 heavy (non-hydrogen) atoms. The molecule has 1 aromatic heterocycles. The van der Waals surface area contributed by atoms with Gasteiger partial charge in [-0.1, -0.05) is 4.49 Å². The number of hydrogen-bond donors (Lipinski definition) is 1. The number of halogens is 2. The molecule has 0 fully saturated rings. The van der Waals surface area contributed by atoms with Crippen LogP contribution in [0.1, 0.15) is 4.88 Å². The van der Waals surface area contributed by atoms with Crippen LogP contribution in [0, 0.1) is 5.82 Å². The molecule has 0 aliphatic rings. The first-order chi connectivity index (χ1) is 7.72. The van der Waals surface area contributed by atoms with Crippen LogP contribution in [0.25, 0.3) is 11.3 Å². The quantitative estimate of drug-likeness (QED) is 0.947. The monoisotopic (exact) mass is 301 g/mol. The molecule has 1 heterocycles. The average molecular weight is 302 g/mol. The lowest BCUT2D eigenvalue weighted by atomic mass is 10.1. The Morgan fingerprint density at radius 2 is 2.31 bits per heavy atom. The van der Waals surface area contributed by atoms with E-state index in [0.717, 1.165) is 16.1 Å². The number of hydrogen-bond acceptors (Lipinski definition) is 4. The molecule has 0 unspecified atom stereocenters. The topological polar surface area (TPSA) is 37.8 Å². The SMILES string of the molecule is CNCc1snnc1-c1ccc(F)cc1Br. The van der Waals surface area contributed by atoms with Crippen LogP contribution in [0.5, 0.6) is 0 Å². The maximum Gasteiger partial charge on any atom is 0.124 e. The summed E-state index contributed by atoms with van der Waals surface area (Å²) in [5.74, 6) is -0.269. The highest BCUT2D eigenvalue weighted by Gasteiger charge is 2.12. The van der Waals surface area contributed by atoms with Crippen molar-refractivity contribution in [1.82, 2.24) is 14.9 Å². The molecule has 0 atom stereocenters. The minimum Gasteiger partial charge on any atom is -0.315 e. The van der Waals surface area contributed by atoms with Crippen LogP contribution in [-0.4, -0.2) is 16.6 Å². The van der Waals surface area contributed by atoms with Gasteiger partial charge in [0.1, 0.15) is 11.5 Å². The van der Waals surface area contributed by atoms with Crippen LogP contribution < -0.4 is 5.32 Å². The second-order valence-corrected chi connectivity index (χ2v) is 4.89. The summed E-state index contributed by atoms with van der Waals surface area (Å²) in [6.07, 6.45) is 0. The fraction of sp³-hybridized carbons (Fsp3) is 0.200. The summed E-state index contributed by atoms with van der Waals surface area (Å²) in [7, 11) is 1.86. The van der Waals surface area contributed by atoms with Crippen molar-refractivity contribution in [2.75, 3.05) is 7.05 Å². The molecule has 1 N–H and O–H groups in total. The van der Waals surface area contributed by atoms with Crippen LogP contribution in [0.4, 0.5) is 4.39 Å². The Bertz CT molecular complexity index is 501. The van der Waals surface area contributed by atoms with E-state index in [1.807, 2.05) is 7.05 Å². The molecule has 3 nitrogen and oxygen atoms in total. The lowest BCUT2D eigenvalue weighted by Crippen LogP contribution is -2.04. The zero-order chi connectivity index (χ0) is 11.5. The average Bonchev–Trinajstić information content (AvgIpc) is 2.67. The second-order valence-electron chi connectivity index (χ2n) is 3.20. The van der Waals surface area contributed by atoms with Gasteiger partial charge < -0.3 is 5.32 Å². The largest absolute Gasteiger partial charge is 0.315 e. The summed E-state index contributed by atoms with van der Waals surface area (Å²) in [5, 5.41) is 7.12. The van der Waals surface area contributed by atoms with Gasteiger partial charge in [-0.05, 0) is 52.7 Å². The Morgan fingerprint density at radius 3 is 3.00 bits per heavy atom. The van der Waals surface area contributed by atoms with Gasteiger partial charge in [-0.15, -0.1) is 5.10 Å². The standard InChI is InChI=1S/C10H9BrFN3S/c1-13-5-9-10(14-15-16-9)7-3-2-6(12)4-8(7)11/h2-4,13H,5H2,1H3. The van der Waals surface area contributed by atoms with Crippen molar-refractivity contribution >= 4 is 27.5 Å². The van der Waals surface area contributed by atoms with E-state index in [9.17, 15) is 4.39 Å². The van der Waals surface area contributed by atoms with Gasteiger partial charge in [0.15, 0.2) is 0 Å². The number of benzene rings is 1. The van der Waals surface area contributed by atoms with Crippen molar-refractivity contribution < 1.29 is 4.39 Å². The maximum atomic E-state index is 13.0. The molecule has 0 aliphatic heterocycles. The van der Waals surface area contributed by atoms with Crippen LogP contribution in [-0.2, 0) is 6.54 Å². The highest BCUT2D eigenvalue weighted by molar-refractivity contribution is 9.10. The normalized spacial score (nSPS) is 10.7. The van der Waals surface area contributed by atoms with E-state index in [0.29, 0.717) is 11.0 Å².